The minimum absolute atomic E-state index is 0.0856. The number of carbonyl (C=O) groups is 1. The van der Waals surface area contributed by atoms with Gasteiger partial charge >= 0.3 is 0 Å². The number of aryl methyl sites for hydroxylation is 2. The van der Waals surface area contributed by atoms with Crippen LogP contribution in [0.15, 0.2) is 42.5 Å². The summed E-state index contributed by atoms with van der Waals surface area (Å²) in [4.78, 5) is 12.2. The Morgan fingerprint density at radius 3 is 2.54 bits per heavy atom. The molecule has 2 aromatic rings. The zero-order valence-corrected chi connectivity index (χ0v) is 16.2. The lowest BCUT2D eigenvalue weighted by atomic mass is 10.1. The third-order valence-electron chi connectivity index (χ3n) is 4.40. The Bertz CT molecular complexity index is 710. The molecule has 0 aliphatic carbocycles. The first-order chi connectivity index (χ1) is 12.5. The molecule has 2 aromatic carbocycles. The number of amides is 1. The normalized spacial score (nSPS) is 11.7. The maximum atomic E-state index is 12.2. The summed E-state index contributed by atoms with van der Waals surface area (Å²) in [5, 5.41) is 2.95. The summed E-state index contributed by atoms with van der Waals surface area (Å²) in [6.45, 7) is 9.10. The second-order valence-electron chi connectivity index (χ2n) is 6.43. The molecule has 1 N–H and O–H groups in total. The number of nitrogens with one attached hydrogen (secondary N) is 1. The molecular weight excluding hydrogens is 326 g/mol. The zero-order chi connectivity index (χ0) is 18.9. The Morgan fingerprint density at radius 1 is 1.12 bits per heavy atom. The van der Waals surface area contributed by atoms with Gasteiger partial charge in [-0.25, -0.2) is 0 Å². The van der Waals surface area contributed by atoms with Crippen LogP contribution in [0.4, 0.5) is 0 Å². The van der Waals surface area contributed by atoms with Crippen LogP contribution in [0.5, 0.6) is 11.5 Å². The fourth-order valence-electron chi connectivity index (χ4n) is 2.66. The van der Waals surface area contributed by atoms with E-state index in [1.54, 1.807) is 6.92 Å². The second-order valence-corrected chi connectivity index (χ2v) is 6.43. The van der Waals surface area contributed by atoms with Crippen molar-refractivity contribution >= 4 is 5.91 Å². The molecule has 0 radical (unpaired) electrons. The summed E-state index contributed by atoms with van der Waals surface area (Å²) >= 11 is 0. The quantitative estimate of drug-likeness (QED) is 0.685. The van der Waals surface area contributed by atoms with Crippen LogP contribution < -0.4 is 14.8 Å². The lowest BCUT2D eigenvalue weighted by molar-refractivity contribution is -0.127. The van der Waals surface area contributed by atoms with Crippen molar-refractivity contribution in [1.29, 1.82) is 0 Å². The van der Waals surface area contributed by atoms with E-state index in [9.17, 15) is 4.79 Å². The predicted molar refractivity (Wildman–Crippen MR) is 105 cm³/mol. The van der Waals surface area contributed by atoms with Crippen molar-refractivity contribution < 1.29 is 14.3 Å². The van der Waals surface area contributed by atoms with Crippen LogP contribution in [-0.4, -0.2) is 25.2 Å². The number of carbonyl (C=O) groups excluding carboxylic acids is 1. The monoisotopic (exact) mass is 355 g/mol. The van der Waals surface area contributed by atoms with E-state index < -0.39 is 6.10 Å². The molecule has 1 amide bonds. The minimum atomic E-state index is -0.513. The van der Waals surface area contributed by atoms with E-state index >= 15 is 0 Å². The standard InChI is InChI=1S/C22H29NO3/c1-5-25-20-13-11-19(12-14-20)9-7-15-23-22(24)18(4)26-21-10-6-8-16(2)17(21)3/h6,8,10-14,18H,5,7,9,15H2,1-4H3,(H,23,24)/t18-/m0/s1. The Morgan fingerprint density at radius 2 is 1.85 bits per heavy atom. The van der Waals surface area contributed by atoms with Gasteiger partial charge in [0.2, 0.25) is 0 Å². The van der Waals surface area contributed by atoms with Crippen molar-refractivity contribution in [1.82, 2.24) is 5.32 Å². The van der Waals surface area contributed by atoms with Gasteiger partial charge in [0.1, 0.15) is 11.5 Å². The Balaban J connectivity index is 1.73. The Hall–Kier alpha value is -2.49. The maximum absolute atomic E-state index is 12.2. The summed E-state index contributed by atoms with van der Waals surface area (Å²) in [7, 11) is 0. The molecule has 0 bridgehead atoms. The fraction of sp³-hybridized carbons (Fsp3) is 0.409. The highest BCUT2D eigenvalue weighted by Crippen LogP contribution is 2.21. The molecule has 0 fully saturated rings. The fourth-order valence-corrected chi connectivity index (χ4v) is 2.66. The Kier molecular flexibility index (Phi) is 7.52. The number of ether oxygens (including phenoxy) is 2. The van der Waals surface area contributed by atoms with E-state index in [1.165, 1.54) is 5.56 Å². The van der Waals surface area contributed by atoms with Crippen molar-refractivity contribution in [2.75, 3.05) is 13.2 Å². The highest BCUT2D eigenvalue weighted by atomic mass is 16.5. The summed E-state index contributed by atoms with van der Waals surface area (Å²) in [6, 6.07) is 14.0. The molecule has 0 aliphatic heterocycles. The molecule has 0 spiro atoms. The van der Waals surface area contributed by atoms with E-state index in [0.717, 1.165) is 35.5 Å². The van der Waals surface area contributed by atoms with Gasteiger partial charge in [-0.2, -0.15) is 0 Å². The van der Waals surface area contributed by atoms with Crippen molar-refractivity contribution in [3.8, 4) is 11.5 Å². The SMILES string of the molecule is CCOc1ccc(CCCNC(=O)[C@H](C)Oc2cccc(C)c2C)cc1. The van der Waals surface area contributed by atoms with Gasteiger partial charge in [-0.3, -0.25) is 4.79 Å². The van der Waals surface area contributed by atoms with E-state index in [0.29, 0.717) is 13.2 Å². The summed E-state index contributed by atoms with van der Waals surface area (Å²) < 4.78 is 11.3. The predicted octanol–water partition coefficient (Wildman–Crippen LogP) is 4.22. The summed E-state index contributed by atoms with van der Waals surface area (Å²) in [6.07, 6.45) is 1.29. The van der Waals surface area contributed by atoms with Gasteiger partial charge < -0.3 is 14.8 Å². The van der Waals surface area contributed by atoms with Crippen LogP contribution in [0.1, 0.15) is 37.0 Å². The number of hydrogen-bond donors (Lipinski definition) is 1. The third-order valence-corrected chi connectivity index (χ3v) is 4.40. The summed E-state index contributed by atoms with van der Waals surface area (Å²) in [5.41, 5.74) is 3.47. The Labute approximate surface area is 156 Å². The topological polar surface area (TPSA) is 47.6 Å². The van der Waals surface area contributed by atoms with E-state index in [4.69, 9.17) is 9.47 Å². The van der Waals surface area contributed by atoms with Crippen LogP contribution in [-0.2, 0) is 11.2 Å². The largest absolute Gasteiger partial charge is 0.494 e. The van der Waals surface area contributed by atoms with Gasteiger partial charge in [-0.1, -0.05) is 24.3 Å². The van der Waals surface area contributed by atoms with E-state index in [2.05, 4.69) is 17.4 Å². The van der Waals surface area contributed by atoms with E-state index in [1.807, 2.05) is 51.1 Å². The van der Waals surface area contributed by atoms with Crippen LogP contribution in [0, 0.1) is 13.8 Å². The molecular formula is C22H29NO3. The third kappa shape index (κ3) is 5.80. The maximum Gasteiger partial charge on any atom is 0.260 e. The minimum Gasteiger partial charge on any atom is -0.494 e. The van der Waals surface area contributed by atoms with Gasteiger partial charge in [-0.05, 0) is 75.4 Å². The second kappa shape index (κ2) is 9.85. The molecule has 2 rings (SSSR count). The molecule has 0 saturated heterocycles. The van der Waals surface area contributed by atoms with Crippen molar-refractivity contribution in [2.24, 2.45) is 0 Å². The number of hydrogen-bond acceptors (Lipinski definition) is 3. The average molecular weight is 355 g/mol. The van der Waals surface area contributed by atoms with Crippen LogP contribution in [0.25, 0.3) is 0 Å². The van der Waals surface area contributed by atoms with Gasteiger partial charge in [0.05, 0.1) is 6.61 Å². The van der Waals surface area contributed by atoms with Gasteiger partial charge in [0.25, 0.3) is 5.91 Å². The van der Waals surface area contributed by atoms with Crippen molar-refractivity contribution in [2.45, 2.75) is 46.6 Å². The lowest BCUT2D eigenvalue weighted by Gasteiger charge is -2.17. The molecule has 1 atom stereocenters. The number of benzene rings is 2. The summed E-state index contributed by atoms with van der Waals surface area (Å²) in [5.74, 6) is 1.57. The first kappa shape index (κ1) is 19.8. The van der Waals surface area contributed by atoms with Crippen LogP contribution >= 0.6 is 0 Å². The zero-order valence-electron chi connectivity index (χ0n) is 16.2. The van der Waals surface area contributed by atoms with Crippen molar-refractivity contribution in [3.05, 3.63) is 59.2 Å². The molecule has 0 heterocycles. The molecule has 0 aliphatic rings. The molecule has 4 nitrogen and oxygen atoms in total. The van der Waals surface area contributed by atoms with Gasteiger partial charge in [0.15, 0.2) is 6.10 Å². The van der Waals surface area contributed by atoms with Crippen molar-refractivity contribution in [3.63, 3.8) is 0 Å². The van der Waals surface area contributed by atoms with Gasteiger partial charge in [0, 0.05) is 6.54 Å². The average Bonchev–Trinajstić information content (AvgIpc) is 2.64. The highest BCUT2D eigenvalue weighted by Gasteiger charge is 2.15. The van der Waals surface area contributed by atoms with E-state index in [-0.39, 0.29) is 5.91 Å². The first-order valence-electron chi connectivity index (χ1n) is 9.23. The number of rotatable bonds is 9. The smallest absolute Gasteiger partial charge is 0.260 e. The van der Waals surface area contributed by atoms with Gasteiger partial charge in [-0.15, -0.1) is 0 Å². The molecule has 4 heteroatoms. The molecule has 0 unspecified atom stereocenters. The molecule has 140 valence electrons. The highest BCUT2D eigenvalue weighted by molar-refractivity contribution is 5.80. The lowest BCUT2D eigenvalue weighted by Crippen LogP contribution is -2.37. The molecule has 0 aromatic heterocycles. The first-order valence-corrected chi connectivity index (χ1v) is 9.23. The molecule has 0 saturated carbocycles. The van der Waals surface area contributed by atoms with Crippen LogP contribution in [0.3, 0.4) is 0 Å². The molecule has 26 heavy (non-hydrogen) atoms. The van der Waals surface area contributed by atoms with Crippen LogP contribution in [0.2, 0.25) is 0 Å².